The topological polar surface area (TPSA) is 41.6 Å². The normalized spacial score (nSPS) is 12.0. The molecule has 0 bridgehead atoms. The summed E-state index contributed by atoms with van der Waals surface area (Å²) in [7, 11) is 5.42. The zero-order valence-corrected chi connectivity index (χ0v) is 14.3. The lowest BCUT2D eigenvalue weighted by molar-refractivity contribution is -0.120. The van der Waals surface area contributed by atoms with Crippen LogP contribution in [0.3, 0.4) is 0 Å². The van der Waals surface area contributed by atoms with Gasteiger partial charge in [0.25, 0.3) is 0 Å². The van der Waals surface area contributed by atoms with Crippen LogP contribution in [0, 0.1) is 5.82 Å². The van der Waals surface area contributed by atoms with Crippen molar-refractivity contribution in [1.29, 1.82) is 0 Å². The number of nitrogens with one attached hydrogen (secondary N) is 1. The minimum atomic E-state index is -0.274. The van der Waals surface area contributed by atoms with Gasteiger partial charge in [0.15, 0.2) is 0 Å². The molecule has 2 rings (SSSR count). The monoisotopic (exact) mass is 330 g/mol. The summed E-state index contributed by atoms with van der Waals surface area (Å²) in [5.74, 6) is 0.422. The molecule has 1 amide bonds. The molecule has 0 aliphatic rings. The van der Waals surface area contributed by atoms with E-state index in [9.17, 15) is 9.18 Å². The van der Waals surface area contributed by atoms with E-state index in [1.54, 1.807) is 13.2 Å². The molecule has 1 N–H and O–H groups in total. The Morgan fingerprint density at radius 1 is 1.21 bits per heavy atom. The summed E-state index contributed by atoms with van der Waals surface area (Å²) in [6.07, 6.45) is 0.299. The first-order chi connectivity index (χ1) is 11.5. The van der Waals surface area contributed by atoms with Crippen molar-refractivity contribution in [1.82, 2.24) is 10.2 Å². The summed E-state index contributed by atoms with van der Waals surface area (Å²) in [5.41, 5.74) is 1.75. The van der Waals surface area contributed by atoms with Gasteiger partial charge in [0.2, 0.25) is 5.91 Å². The molecular weight excluding hydrogens is 307 g/mol. The molecule has 1 unspecified atom stereocenters. The van der Waals surface area contributed by atoms with E-state index in [-0.39, 0.29) is 17.8 Å². The molecule has 0 spiro atoms. The minimum absolute atomic E-state index is 0.0663. The lowest BCUT2D eigenvalue weighted by atomic mass is 10.1. The van der Waals surface area contributed by atoms with Gasteiger partial charge in [-0.05, 0) is 49.5 Å². The third-order valence-electron chi connectivity index (χ3n) is 3.87. The van der Waals surface area contributed by atoms with Crippen molar-refractivity contribution in [2.45, 2.75) is 12.5 Å². The van der Waals surface area contributed by atoms with Gasteiger partial charge in [-0.1, -0.05) is 24.3 Å². The number of ether oxygens (including phenoxy) is 1. The first-order valence-corrected chi connectivity index (χ1v) is 7.81. The first-order valence-electron chi connectivity index (χ1n) is 7.81. The van der Waals surface area contributed by atoms with Gasteiger partial charge in [0, 0.05) is 6.54 Å². The maximum Gasteiger partial charge on any atom is 0.224 e. The number of likely N-dealkylation sites (N-methyl/N-ethyl adjacent to an activating group) is 1. The van der Waals surface area contributed by atoms with Crippen LogP contribution >= 0.6 is 0 Å². The standard InChI is InChI=1S/C19H23FN2O2/c1-22(2)18(15-5-4-6-16(20)12-15)13-21-19(23)11-14-7-9-17(24-3)10-8-14/h4-10,12,18H,11,13H2,1-3H3,(H,21,23). The number of carbonyl (C=O) groups is 1. The van der Waals surface area contributed by atoms with Crippen molar-refractivity contribution in [2.24, 2.45) is 0 Å². The molecule has 0 aromatic heterocycles. The summed E-state index contributed by atoms with van der Waals surface area (Å²) in [4.78, 5) is 14.1. The highest BCUT2D eigenvalue weighted by molar-refractivity contribution is 5.78. The van der Waals surface area contributed by atoms with E-state index >= 15 is 0 Å². The molecule has 0 heterocycles. The molecule has 0 aliphatic heterocycles. The van der Waals surface area contributed by atoms with Crippen LogP contribution in [-0.2, 0) is 11.2 Å². The number of hydrogen-bond acceptors (Lipinski definition) is 3. The van der Waals surface area contributed by atoms with Crippen molar-refractivity contribution in [3.63, 3.8) is 0 Å². The van der Waals surface area contributed by atoms with Gasteiger partial charge in [-0.15, -0.1) is 0 Å². The maximum absolute atomic E-state index is 13.4. The lowest BCUT2D eigenvalue weighted by Crippen LogP contribution is -2.35. The molecule has 0 saturated heterocycles. The number of methoxy groups -OCH3 is 1. The summed E-state index contributed by atoms with van der Waals surface area (Å²) >= 11 is 0. The summed E-state index contributed by atoms with van der Waals surface area (Å²) in [6, 6.07) is 13.8. The third kappa shape index (κ3) is 5.06. The second-order valence-electron chi connectivity index (χ2n) is 5.86. The zero-order chi connectivity index (χ0) is 17.5. The molecular formula is C19H23FN2O2. The Kier molecular flexibility index (Phi) is 6.32. The number of benzene rings is 2. The summed E-state index contributed by atoms with van der Waals surface area (Å²) in [6.45, 7) is 0.422. The Morgan fingerprint density at radius 2 is 1.92 bits per heavy atom. The van der Waals surface area contributed by atoms with Crippen LogP contribution in [0.5, 0.6) is 5.75 Å². The number of hydrogen-bond donors (Lipinski definition) is 1. The number of rotatable bonds is 7. The predicted octanol–water partition coefficient (Wildman–Crippen LogP) is 2.80. The number of amides is 1. The molecule has 0 fully saturated rings. The Balaban J connectivity index is 1.94. The first kappa shape index (κ1) is 17.9. The van der Waals surface area contributed by atoms with Crippen LogP contribution < -0.4 is 10.1 Å². The van der Waals surface area contributed by atoms with Crippen molar-refractivity contribution >= 4 is 5.91 Å². The van der Waals surface area contributed by atoms with Gasteiger partial charge < -0.3 is 15.0 Å². The number of nitrogens with zero attached hydrogens (tertiary/aromatic N) is 1. The molecule has 24 heavy (non-hydrogen) atoms. The average Bonchev–Trinajstić information content (AvgIpc) is 2.55. The van der Waals surface area contributed by atoms with Crippen LogP contribution in [0.15, 0.2) is 48.5 Å². The maximum atomic E-state index is 13.4. The summed E-state index contributed by atoms with van der Waals surface area (Å²) < 4.78 is 18.5. The smallest absolute Gasteiger partial charge is 0.224 e. The van der Waals surface area contributed by atoms with E-state index < -0.39 is 0 Å². The SMILES string of the molecule is COc1ccc(CC(=O)NCC(c2cccc(F)c2)N(C)C)cc1. The van der Waals surface area contributed by atoms with E-state index in [0.717, 1.165) is 16.9 Å². The fourth-order valence-electron chi connectivity index (χ4n) is 2.51. The molecule has 0 aliphatic carbocycles. The van der Waals surface area contributed by atoms with E-state index in [2.05, 4.69) is 5.32 Å². The molecule has 0 saturated carbocycles. The Hall–Kier alpha value is -2.40. The molecule has 4 nitrogen and oxygen atoms in total. The van der Waals surface area contributed by atoms with E-state index in [0.29, 0.717) is 13.0 Å². The van der Waals surface area contributed by atoms with Gasteiger partial charge in [0.1, 0.15) is 11.6 Å². The van der Waals surface area contributed by atoms with Crippen LogP contribution in [0.1, 0.15) is 17.2 Å². The molecule has 5 heteroatoms. The van der Waals surface area contributed by atoms with Crippen molar-refractivity contribution in [2.75, 3.05) is 27.7 Å². The van der Waals surface area contributed by atoms with Crippen LogP contribution in [0.2, 0.25) is 0 Å². The van der Waals surface area contributed by atoms with Crippen molar-refractivity contribution < 1.29 is 13.9 Å². The third-order valence-corrected chi connectivity index (χ3v) is 3.87. The molecule has 128 valence electrons. The van der Waals surface area contributed by atoms with Crippen LogP contribution in [0.25, 0.3) is 0 Å². The highest BCUT2D eigenvalue weighted by Gasteiger charge is 2.16. The average molecular weight is 330 g/mol. The second-order valence-corrected chi connectivity index (χ2v) is 5.86. The lowest BCUT2D eigenvalue weighted by Gasteiger charge is -2.25. The Bertz CT molecular complexity index is 671. The quantitative estimate of drug-likeness (QED) is 0.849. The molecule has 2 aromatic rings. The van der Waals surface area contributed by atoms with Gasteiger partial charge >= 0.3 is 0 Å². The summed E-state index contributed by atoms with van der Waals surface area (Å²) in [5, 5.41) is 2.92. The van der Waals surface area contributed by atoms with Crippen LogP contribution in [-0.4, -0.2) is 38.6 Å². The molecule has 0 radical (unpaired) electrons. The van der Waals surface area contributed by atoms with Crippen molar-refractivity contribution in [3.05, 3.63) is 65.5 Å². The number of carbonyl (C=O) groups excluding carboxylic acids is 1. The van der Waals surface area contributed by atoms with E-state index in [1.165, 1.54) is 12.1 Å². The largest absolute Gasteiger partial charge is 0.497 e. The number of halogens is 1. The molecule has 1 atom stereocenters. The van der Waals surface area contributed by atoms with Crippen molar-refractivity contribution in [3.8, 4) is 5.75 Å². The van der Waals surface area contributed by atoms with Gasteiger partial charge in [0.05, 0.1) is 19.6 Å². The highest BCUT2D eigenvalue weighted by atomic mass is 19.1. The fourth-order valence-corrected chi connectivity index (χ4v) is 2.51. The fraction of sp³-hybridized carbons (Fsp3) is 0.316. The second kappa shape index (κ2) is 8.45. The zero-order valence-electron chi connectivity index (χ0n) is 14.3. The van der Waals surface area contributed by atoms with E-state index in [4.69, 9.17) is 4.74 Å². The van der Waals surface area contributed by atoms with Gasteiger partial charge in [-0.25, -0.2) is 4.39 Å². The minimum Gasteiger partial charge on any atom is -0.497 e. The Morgan fingerprint density at radius 3 is 2.50 bits per heavy atom. The highest BCUT2D eigenvalue weighted by Crippen LogP contribution is 2.18. The van der Waals surface area contributed by atoms with Gasteiger partial charge in [-0.2, -0.15) is 0 Å². The molecule has 2 aromatic carbocycles. The van der Waals surface area contributed by atoms with Crippen LogP contribution in [0.4, 0.5) is 4.39 Å². The van der Waals surface area contributed by atoms with Gasteiger partial charge in [-0.3, -0.25) is 4.79 Å². The van der Waals surface area contributed by atoms with E-state index in [1.807, 2.05) is 49.3 Å². The predicted molar refractivity (Wildman–Crippen MR) is 92.5 cm³/mol. The Labute approximate surface area is 142 Å².